The van der Waals surface area contributed by atoms with E-state index >= 15 is 0 Å². The third kappa shape index (κ3) is 9.49. The van der Waals surface area contributed by atoms with Gasteiger partial charge in [0.05, 0.1) is 0 Å². The summed E-state index contributed by atoms with van der Waals surface area (Å²) < 4.78 is 0. The highest BCUT2D eigenvalue weighted by Crippen LogP contribution is 2.08. The molecule has 0 aliphatic heterocycles. The molecule has 0 aromatic heterocycles. The molecule has 98 valence electrons. The molecule has 0 fully saturated rings. The van der Waals surface area contributed by atoms with Gasteiger partial charge in [-0.1, -0.05) is 13.8 Å². The molecule has 3 heteroatoms. The van der Waals surface area contributed by atoms with Crippen LogP contribution in [-0.4, -0.2) is 50.1 Å². The number of nitrogens with one attached hydrogen (secondary N) is 1. The average Bonchev–Trinajstić information content (AvgIpc) is 2.20. The normalized spacial score (nSPS) is 13.7. The van der Waals surface area contributed by atoms with E-state index in [9.17, 15) is 0 Å². The minimum Gasteiger partial charge on any atom is -0.315 e. The second-order valence-corrected chi connectivity index (χ2v) is 6.14. The first kappa shape index (κ1) is 16.3. The first-order valence-corrected chi connectivity index (χ1v) is 7.83. The first-order chi connectivity index (χ1) is 7.57. The van der Waals surface area contributed by atoms with Crippen LogP contribution in [0.15, 0.2) is 0 Å². The van der Waals surface area contributed by atoms with Crippen molar-refractivity contribution in [2.45, 2.75) is 39.2 Å². The van der Waals surface area contributed by atoms with Crippen LogP contribution in [0.5, 0.6) is 0 Å². The second kappa shape index (κ2) is 10.4. The van der Waals surface area contributed by atoms with Crippen LogP contribution >= 0.6 is 11.8 Å². The van der Waals surface area contributed by atoms with Crippen molar-refractivity contribution in [3.8, 4) is 0 Å². The molecule has 0 spiro atoms. The third-order valence-corrected chi connectivity index (χ3v) is 3.50. The van der Waals surface area contributed by atoms with E-state index in [0.717, 1.165) is 12.5 Å². The molecule has 0 bridgehead atoms. The summed E-state index contributed by atoms with van der Waals surface area (Å²) in [4.78, 5) is 2.34. The van der Waals surface area contributed by atoms with Crippen LogP contribution in [-0.2, 0) is 0 Å². The average molecular weight is 246 g/mol. The Balaban J connectivity index is 3.52. The van der Waals surface area contributed by atoms with Gasteiger partial charge in [-0.3, -0.25) is 0 Å². The molecule has 16 heavy (non-hydrogen) atoms. The van der Waals surface area contributed by atoms with Gasteiger partial charge in [0.1, 0.15) is 0 Å². The van der Waals surface area contributed by atoms with E-state index in [-0.39, 0.29) is 0 Å². The molecule has 0 amide bonds. The quantitative estimate of drug-likeness (QED) is 0.597. The molecule has 0 radical (unpaired) electrons. The summed E-state index contributed by atoms with van der Waals surface area (Å²) in [6.45, 7) is 6.90. The van der Waals surface area contributed by atoms with Gasteiger partial charge in [0.15, 0.2) is 0 Å². The highest BCUT2D eigenvalue weighted by molar-refractivity contribution is 7.98. The van der Waals surface area contributed by atoms with E-state index in [1.807, 2.05) is 11.8 Å². The molecule has 2 nitrogen and oxygen atoms in total. The zero-order valence-electron chi connectivity index (χ0n) is 11.8. The molecule has 1 unspecified atom stereocenters. The van der Waals surface area contributed by atoms with E-state index in [1.54, 1.807) is 0 Å². The fourth-order valence-corrected chi connectivity index (χ4v) is 2.28. The summed E-state index contributed by atoms with van der Waals surface area (Å²) in [5.41, 5.74) is 0. The summed E-state index contributed by atoms with van der Waals surface area (Å²) >= 11 is 1.94. The van der Waals surface area contributed by atoms with Crippen LogP contribution in [0.25, 0.3) is 0 Å². The lowest BCUT2D eigenvalue weighted by molar-refractivity contribution is 0.247. The summed E-state index contributed by atoms with van der Waals surface area (Å²) in [6, 6.07) is 0.681. The molecule has 0 saturated heterocycles. The first-order valence-electron chi connectivity index (χ1n) is 6.44. The highest BCUT2D eigenvalue weighted by atomic mass is 32.2. The van der Waals surface area contributed by atoms with Gasteiger partial charge in [-0.25, -0.2) is 0 Å². The van der Waals surface area contributed by atoms with Gasteiger partial charge in [-0.15, -0.1) is 0 Å². The molecule has 0 rings (SSSR count). The van der Waals surface area contributed by atoms with Crippen molar-refractivity contribution in [3.63, 3.8) is 0 Å². The van der Waals surface area contributed by atoms with E-state index in [0.29, 0.717) is 6.04 Å². The summed E-state index contributed by atoms with van der Waals surface area (Å²) in [7, 11) is 4.37. The molecular weight excluding hydrogens is 216 g/mol. The fourth-order valence-electron chi connectivity index (χ4n) is 1.79. The SMILES string of the molecule is CSCCCCNCC(CC(C)C)N(C)C. The largest absolute Gasteiger partial charge is 0.315 e. The van der Waals surface area contributed by atoms with Gasteiger partial charge in [-0.2, -0.15) is 11.8 Å². The molecular formula is C13H30N2S. The van der Waals surface area contributed by atoms with Gasteiger partial charge < -0.3 is 10.2 Å². The van der Waals surface area contributed by atoms with Crippen LogP contribution < -0.4 is 5.32 Å². The summed E-state index contributed by atoms with van der Waals surface area (Å²) in [5, 5.41) is 3.58. The predicted molar refractivity (Wildman–Crippen MR) is 77.4 cm³/mol. The zero-order valence-corrected chi connectivity index (χ0v) is 12.6. The number of likely N-dealkylation sites (N-methyl/N-ethyl adjacent to an activating group) is 1. The zero-order chi connectivity index (χ0) is 12.4. The van der Waals surface area contributed by atoms with E-state index < -0.39 is 0 Å². The Morgan fingerprint density at radius 1 is 1.19 bits per heavy atom. The third-order valence-electron chi connectivity index (χ3n) is 2.81. The Kier molecular flexibility index (Phi) is 10.6. The Bertz CT molecular complexity index is 149. The summed E-state index contributed by atoms with van der Waals surface area (Å²) in [6.07, 6.45) is 6.11. The van der Waals surface area contributed by atoms with Crippen molar-refractivity contribution in [2.75, 3.05) is 39.2 Å². The standard InChI is InChI=1S/C13H30N2S/c1-12(2)10-13(15(3)4)11-14-8-6-7-9-16-5/h12-14H,6-11H2,1-5H3. The van der Waals surface area contributed by atoms with Crippen molar-refractivity contribution in [1.29, 1.82) is 0 Å². The van der Waals surface area contributed by atoms with Gasteiger partial charge in [0, 0.05) is 12.6 Å². The minimum absolute atomic E-state index is 0.681. The van der Waals surface area contributed by atoms with Gasteiger partial charge >= 0.3 is 0 Å². The van der Waals surface area contributed by atoms with E-state index in [4.69, 9.17) is 0 Å². The molecule has 0 aliphatic carbocycles. The molecule has 0 aromatic rings. The highest BCUT2D eigenvalue weighted by Gasteiger charge is 2.12. The maximum Gasteiger partial charge on any atom is 0.0216 e. The number of thioether (sulfide) groups is 1. The number of hydrogen-bond donors (Lipinski definition) is 1. The van der Waals surface area contributed by atoms with Crippen molar-refractivity contribution in [2.24, 2.45) is 5.92 Å². The number of unbranched alkanes of at least 4 members (excludes halogenated alkanes) is 1. The maximum absolute atomic E-state index is 3.58. The van der Waals surface area contributed by atoms with Crippen molar-refractivity contribution >= 4 is 11.8 Å². The summed E-state index contributed by atoms with van der Waals surface area (Å²) in [5.74, 6) is 2.08. The van der Waals surface area contributed by atoms with Crippen LogP contribution in [0.1, 0.15) is 33.1 Å². The number of hydrogen-bond acceptors (Lipinski definition) is 3. The van der Waals surface area contributed by atoms with Crippen molar-refractivity contribution in [3.05, 3.63) is 0 Å². The number of rotatable bonds is 10. The van der Waals surface area contributed by atoms with Crippen LogP contribution in [0.4, 0.5) is 0 Å². The minimum atomic E-state index is 0.681. The van der Waals surface area contributed by atoms with Gasteiger partial charge in [0.2, 0.25) is 0 Å². The Morgan fingerprint density at radius 3 is 2.38 bits per heavy atom. The predicted octanol–water partition coefficient (Wildman–Crippen LogP) is 2.70. The lowest BCUT2D eigenvalue weighted by Gasteiger charge is -2.26. The Morgan fingerprint density at radius 2 is 1.88 bits per heavy atom. The topological polar surface area (TPSA) is 15.3 Å². The Hall–Kier alpha value is 0.270. The second-order valence-electron chi connectivity index (χ2n) is 5.15. The monoisotopic (exact) mass is 246 g/mol. The molecule has 1 N–H and O–H groups in total. The maximum atomic E-state index is 3.58. The van der Waals surface area contributed by atoms with Gasteiger partial charge in [0.25, 0.3) is 0 Å². The van der Waals surface area contributed by atoms with Crippen molar-refractivity contribution in [1.82, 2.24) is 10.2 Å². The smallest absolute Gasteiger partial charge is 0.0216 e. The lowest BCUT2D eigenvalue weighted by atomic mass is 10.0. The molecule has 1 atom stereocenters. The van der Waals surface area contributed by atoms with Crippen LogP contribution in [0.3, 0.4) is 0 Å². The van der Waals surface area contributed by atoms with Gasteiger partial charge in [-0.05, 0) is 57.8 Å². The Labute approximate surface area is 107 Å². The van der Waals surface area contributed by atoms with Crippen molar-refractivity contribution < 1.29 is 0 Å². The van der Waals surface area contributed by atoms with E-state index in [1.165, 1.54) is 31.6 Å². The van der Waals surface area contributed by atoms with Crippen LogP contribution in [0.2, 0.25) is 0 Å². The number of nitrogens with zero attached hydrogens (tertiary/aromatic N) is 1. The molecule has 0 saturated carbocycles. The molecule has 0 aliphatic rings. The molecule has 0 aromatic carbocycles. The van der Waals surface area contributed by atoms with E-state index in [2.05, 4.69) is 44.4 Å². The molecule has 0 heterocycles. The lowest BCUT2D eigenvalue weighted by Crippen LogP contribution is -2.39. The fraction of sp³-hybridized carbons (Fsp3) is 1.00. The van der Waals surface area contributed by atoms with Crippen LogP contribution in [0, 0.1) is 5.92 Å².